The molecule has 0 spiro atoms. The highest BCUT2D eigenvalue weighted by Crippen LogP contribution is 2.19. The van der Waals surface area contributed by atoms with Gasteiger partial charge in [0.1, 0.15) is 5.75 Å². The van der Waals surface area contributed by atoms with Gasteiger partial charge in [0.2, 0.25) is 0 Å². The van der Waals surface area contributed by atoms with Gasteiger partial charge in [-0.2, -0.15) is 0 Å². The molecular weight excluding hydrogens is 226 g/mol. The summed E-state index contributed by atoms with van der Waals surface area (Å²) in [7, 11) is 3.60. The molecule has 0 aliphatic carbocycles. The van der Waals surface area contributed by atoms with Gasteiger partial charge in [0, 0.05) is 13.2 Å². The second-order valence-corrected chi connectivity index (χ2v) is 4.51. The Bertz CT molecular complexity index is 526. The first-order valence-electron chi connectivity index (χ1n) is 6.01. The fourth-order valence-corrected chi connectivity index (χ4v) is 2.03. The van der Waals surface area contributed by atoms with Gasteiger partial charge >= 0.3 is 0 Å². The van der Waals surface area contributed by atoms with E-state index in [2.05, 4.69) is 24.0 Å². The summed E-state index contributed by atoms with van der Waals surface area (Å²) in [6.45, 7) is 2.06. The van der Waals surface area contributed by atoms with Crippen LogP contribution in [0.1, 0.15) is 16.8 Å². The van der Waals surface area contributed by atoms with E-state index >= 15 is 0 Å². The third kappa shape index (κ3) is 2.64. The van der Waals surface area contributed by atoms with E-state index in [4.69, 9.17) is 10.5 Å². The molecule has 18 heavy (non-hydrogen) atoms. The zero-order valence-electron chi connectivity index (χ0n) is 11.1. The average molecular weight is 245 g/mol. The van der Waals surface area contributed by atoms with Crippen LogP contribution in [0.15, 0.2) is 24.4 Å². The number of hydrogen-bond acceptors (Lipinski definition) is 3. The van der Waals surface area contributed by atoms with Crippen molar-refractivity contribution in [1.29, 1.82) is 0 Å². The first-order chi connectivity index (χ1) is 8.60. The zero-order valence-corrected chi connectivity index (χ0v) is 11.1. The summed E-state index contributed by atoms with van der Waals surface area (Å²) < 4.78 is 7.09. The van der Waals surface area contributed by atoms with E-state index in [-0.39, 0.29) is 0 Å². The molecule has 1 aromatic carbocycles. The number of aryl methyl sites for hydroxylation is 4. The molecule has 0 radical (unpaired) electrons. The fourth-order valence-electron chi connectivity index (χ4n) is 2.03. The molecule has 0 saturated heterocycles. The number of imidazole rings is 1. The summed E-state index contributed by atoms with van der Waals surface area (Å²) >= 11 is 0. The van der Waals surface area contributed by atoms with Crippen LogP contribution in [0.3, 0.4) is 0 Å². The average Bonchev–Trinajstić information content (AvgIpc) is 2.66. The van der Waals surface area contributed by atoms with E-state index < -0.39 is 0 Å². The van der Waals surface area contributed by atoms with Crippen LogP contribution in [0.25, 0.3) is 0 Å². The standard InChI is InChI=1S/C14H19N3O/c1-10-8-11(5-7-13(10)18-3)4-6-12-9-17(2)14(15)16-12/h5,7-9H,4,6H2,1-3H3,(H2,15,16). The molecule has 1 aromatic heterocycles. The molecule has 1 heterocycles. The number of methoxy groups -OCH3 is 1. The summed E-state index contributed by atoms with van der Waals surface area (Å²) in [6.07, 6.45) is 3.84. The molecule has 0 fully saturated rings. The van der Waals surface area contributed by atoms with Crippen LogP contribution in [0.2, 0.25) is 0 Å². The van der Waals surface area contributed by atoms with Crippen molar-refractivity contribution in [2.75, 3.05) is 12.8 Å². The Morgan fingerprint density at radius 1 is 1.33 bits per heavy atom. The van der Waals surface area contributed by atoms with Gasteiger partial charge in [-0.3, -0.25) is 0 Å². The third-order valence-electron chi connectivity index (χ3n) is 3.09. The van der Waals surface area contributed by atoms with E-state index in [1.165, 1.54) is 5.56 Å². The predicted octanol–water partition coefficient (Wildman–Crippen LogP) is 2.10. The minimum absolute atomic E-state index is 0.566. The molecule has 0 saturated carbocycles. The summed E-state index contributed by atoms with van der Waals surface area (Å²) in [5.74, 6) is 1.50. The Labute approximate surface area is 107 Å². The highest BCUT2D eigenvalue weighted by Gasteiger charge is 2.04. The molecule has 0 aliphatic heterocycles. The number of aromatic nitrogens is 2. The van der Waals surface area contributed by atoms with E-state index in [0.717, 1.165) is 29.8 Å². The summed E-state index contributed by atoms with van der Waals surface area (Å²) in [6, 6.07) is 6.26. The minimum Gasteiger partial charge on any atom is -0.496 e. The second kappa shape index (κ2) is 5.12. The zero-order chi connectivity index (χ0) is 13.1. The van der Waals surface area contributed by atoms with Crippen LogP contribution in [0, 0.1) is 6.92 Å². The molecule has 96 valence electrons. The maximum absolute atomic E-state index is 5.71. The molecule has 0 atom stereocenters. The number of hydrogen-bond donors (Lipinski definition) is 1. The van der Waals surface area contributed by atoms with Crippen LogP contribution < -0.4 is 10.5 Å². The van der Waals surface area contributed by atoms with Crippen molar-refractivity contribution in [3.63, 3.8) is 0 Å². The van der Waals surface area contributed by atoms with Crippen LogP contribution >= 0.6 is 0 Å². The van der Waals surface area contributed by atoms with Gasteiger partial charge in [-0.1, -0.05) is 12.1 Å². The van der Waals surface area contributed by atoms with Crippen molar-refractivity contribution in [3.05, 3.63) is 41.2 Å². The highest BCUT2D eigenvalue weighted by molar-refractivity contribution is 5.36. The van der Waals surface area contributed by atoms with E-state index in [1.54, 1.807) is 7.11 Å². The first kappa shape index (κ1) is 12.5. The molecule has 4 heteroatoms. The minimum atomic E-state index is 0.566. The summed E-state index contributed by atoms with van der Waals surface area (Å²) in [4.78, 5) is 4.30. The van der Waals surface area contributed by atoms with Crippen molar-refractivity contribution in [3.8, 4) is 5.75 Å². The Morgan fingerprint density at radius 2 is 2.11 bits per heavy atom. The van der Waals surface area contributed by atoms with E-state index in [9.17, 15) is 0 Å². The first-order valence-corrected chi connectivity index (χ1v) is 6.01. The van der Waals surface area contributed by atoms with E-state index in [0.29, 0.717) is 5.95 Å². The molecule has 0 aliphatic rings. The molecular formula is C14H19N3O. The van der Waals surface area contributed by atoms with Gasteiger partial charge in [0.05, 0.1) is 12.8 Å². The normalized spacial score (nSPS) is 10.6. The smallest absolute Gasteiger partial charge is 0.200 e. The third-order valence-corrected chi connectivity index (χ3v) is 3.09. The molecule has 2 aromatic rings. The van der Waals surface area contributed by atoms with Crippen LogP contribution in [0.4, 0.5) is 5.95 Å². The monoisotopic (exact) mass is 245 g/mol. The number of nitrogen functional groups attached to an aromatic ring is 1. The van der Waals surface area contributed by atoms with Crippen molar-refractivity contribution in [1.82, 2.24) is 9.55 Å². The van der Waals surface area contributed by atoms with Crippen LogP contribution in [-0.4, -0.2) is 16.7 Å². The molecule has 2 N–H and O–H groups in total. The van der Waals surface area contributed by atoms with Gasteiger partial charge in [-0.25, -0.2) is 4.98 Å². The lowest BCUT2D eigenvalue weighted by Crippen LogP contribution is -1.95. The summed E-state index contributed by atoms with van der Waals surface area (Å²) in [5, 5.41) is 0. The van der Waals surface area contributed by atoms with Gasteiger partial charge in [0.25, 0.3) is 0 Å². The Kier molecular flexibility index (Phi) is 3.55. The fraction of sp³-hybridized carbons (Fsp3) is 0.357. The summed E-state index contributed by atoms with van der Waals surface area (Å²) in [5.41, 5.74) is 9.19. The van der Waals surface area contributed by atoms with Crippen LogP contribution in [-0.2, 0) is 19.9 Å². The largest absolute Gasteiger partial charge is 0.496 e. The molecule has 0 bridgehead atoms. The topological polar surface area (TPSA) is 53.1 Å². The Balaban J connectivity index is 2.04. The number of benzene rings is 1. The number of nitrogens with two attached hydrogens (primary N) is 1. The van der Waals surface area contributed by atoms with Gasteiger partial charge < -0.3 is 15.0 Å². The Morgan fingerprint density at radius 3 is 2.67 bits per heavy atom. The van der Waals surface area contributed by atoms with Crippen molar-refractivity contribution in [2.45, 2.75) is 19.8 Å². The number of nitrogens with zero attached hydrogens (tertiary/aromatic N) is 2. The molecule has 0 unspecified atom stereocenters. The maximum Gasteiger partial charge on any atom is 0.200 e. The number of anilines is 1. The van der Waals surface area contributed by atoms with Gasteiger partial charge in [-0.05, 0) is 37.0 Å². The quantitative estimate of drug-likeness (QED) is 0.897. The Hall–Kier alpha value is -1.97. The number of ether oxygens (including phenoxy) is 1. The molecule has 0 amide bonds. The lowest BCUT2D eigenvalue weighted by atomic mass is 10.1. The highest BCUT2D eigenvalue weighted by atomic mass is 16.5. The van der Waals surface area contributed by atoms with E-state index in [1.807, 2.05) is 23.9 Å². The van der Waals surface area contributed by atoms with Crippen molar-refractivity contribution >= 4 is 5.95 Å². The lowest BCUT2D eigenvalue weighted by molar-refractivity contribution is 0.411. The SMILES string of the molecule is COc1ccc(CCc2cn(C)c(N)n2)cc1C. The number of rotatable bonds is 4. The van der Waals surface area contributed by atoms with Crippen molar-refractivity contribution < 1.29 is 4.74 Å². The maximum atomic E-state index is 5.71. The van der Waals surface area contributed by atoms with Gasteiger partial charge in [0.15, 0.2) is 5.95 Å². The van der Waals surface area contributed by atoms with Gasteiger partial charge in [-0.15, -0.1) is 0 Å². The molecule has 2 rings (SSSR count). The predicted molar refractivity (Wildman–Crippen MR) is 72.8 cm³/mol. The second-order valence-electron chi connectivity index (χ2n) is 4.51. The molecule has 4 nitrogen and oxygen atoms in total. The lowest BCUT2D eigenvalue weighted by Gasteiger charge is -2.06. The van der Waals surface area contributed by atoms with Crippen LogP contribution in [0.5, 0.6) is 5.75 Å². The van der Waals surface area contributed by atoms with Crippen molar-refractivity contribution in [2.24, 2.45) is 7.05 Å².